The van der Waals surface area contributed by atoms with Crippen LogP contribution in [0.2, 0.25) is 0 Å². The lowest BCUT2D eigenvalue weighted by Gasteiger charge is -2.29. The molecule has 5 heteroatoms. The molecule has 1 fully saturated rings. The summed E-state index contributed by atoms with van der Waals surface area (Å²) in [6.45, 7) is 3.61. The third-order valence-corrected chi connectivity index (χ3v) is 4.03. The molecule has 0 unspecified atom stereocenters. The molecular weight excluding hydrogens is 276 g/mol. The van der Waals surface area contributed by atoms with Gasteiger partial charge in [0.05, 0.1) is 0 Å². The Kier molecular flexibility index (Phi) is 6.21. The summed E-state index contributed by atoms with van der Waals surface area (Å²) in [6, 6.07) is 8.63. The minimum atomic E-state index is -0.0630. The Balaban J connectivity index is 1.71. The van der Waals surface area contributed by atoms with E-state index in [9.17, 15) is 4.79 Å². The van der Waals surface area contributed by atoms with Gasteiger partial charge in [0, 0.05) is 19.1 Å². The van der Waals surface area contributed by atoms with Crippen molar-refractivity contribution in [1.29, 1.82) is 0 Å². The lowest BCUT2D eigenvalue weighted by Crippen LogP contribution is -2.46. The molecule has 1 aromatic rings. The Labute approximate surface area is 133 Å². The van der Waals surface area contributed by atoms with E-state index in [1.54, 1.807) is 0 Å². The number of hydrogen-bond acceptors (Lipinski definition) is 3. The molecule has 0 aromatic heterocycles. The molecule has 0 saturated carbocycles. The van der Waals surface area contributed by atoms with Gasteiger partial charge in [-0.15, -0.1) is 0 Å². The van der Waals surface area contributed by atoms with Gasteiger partial charge < -0.3 is 20.4 Å². The van der Waals surface area contributed by atoms with Crippen molar-refractivity contribution in [1.82, 2.24) is 20.4 Å². The monoisotopic (exact) mass is 304 g/mol. The fourth-order valence-corrected chi connectivity index (χ4v) is 2.70. The summed E-state index contributed by atoms with van der Waals surface area (Å²) in [5.74, 6) is 0. The molecule has 1 saturated heterocycles. The van der Waals surface area contributed by atoms with Crippen molar-refractivity contribution in [2.45, 2.75) is 32.0 Å². The predicted molar refractivity (Wildman–Crippen MR) is 89.7 cm³/mol. The average molecular weight is 304 g/mol. The van der Waals surface area contributed by atoms with Crippen LogP contribution < -0.4 is 10.6 Å². The quantitative estimate of drug-likeness (QED) is 0.869. The molecule has 0 aliphatic carbocycles. The van der Waals surface area contributed by atoms with Gasteiger partial charge in [-0.1, -0.05) is 24.3 Å². The first-order valence-corrected chi connectivity index (χ1v) is 7.98. The van der Waals surface area contributed by atoms with E-state index in [0.29, 0.717) is 12.6 Å². The van der Waals surface area contributed by atoms with E-state index >= 15 is 0 Å². The van der Waals surface area contributed by atoms with Crippen molar-refractivity contribution < 1.29 is 4.79 Å². The fourth-order valence-electron chi connectivity index (χ4n) is 2.70. The Morgan fingerprint density at radius 2 is 1.77 bits per heavy atom. The first-order chi connectivity index (χ1) is 10.5. The van der Waals surface area contributed by atoms with Crippen LogP contribution >= 0.6 is 0 Å². The summed E-state index contributed by atoms with van der Waals surface area (Å²) in [4.78, 5) is 16.4. The van der Waals surface area contributed by atoms with Crippen LogP contribution in [-0.4, -0.2) is 56.1 Å². The lowest BCUT2D eigenvalue weighted by molar-refractivity contribution is 0.213. The molecule has 2 N–H and O–H groups in total. The number of carbonyl (C=O) groups is 1. The molecule has 0 spiro atoms. The van der Waals surface area contributed by atoms with E-state index in [2.05, 4.69) is 65.8 Å². The number of nitrogens with zero attached hydrogens (tertiary/aromatic N) is 2. The molecule has 122 valence electrons. The van der Waals surface area contributed by atoms with Crippen molar-refractivity contribution >= 4 is 6.03 Å². The van der Waals surface area contributed by atoms with Crippen LogP contribution in [-0.2, 0) is 13.1 Å². The van der Waals surface area contributed by atoms with Gasteiger partial charge in [-0.25, -0.2) is 4.79 Å². The number of hydrogen-bond donors (Lipinski definition) is 2. The second-order valence-corrected chi connectivity index (χ2v) is 6.46. The van der Waals surface area contributed by atoms with Crippen LogP contribution in [0.4, 0.5) is 4.79 Å². The zero-order valence-electron chi connectivity index (χ0n) is 13.9. The maximum atomic E-state index is 11.9. The topological polar surface area (TPSA) is 47.6 Å². The summed E-state index contributed by atoms with van der Waals surface area (Å²) >= 11 is 0. The van der Waals surface area contributed by atoms with Crippen LogP contribution in [0.5, 0.6) is 0 Å². The van der Waals surface area contributed by atoms with Crippen molar-refractivity contribution in [2.75, 3.05) is 34.2 Å². The van der Waals surface area contributed by atoms with Gasteiger partial charge in [0.2, 0.25) is 0 Å². The highest BCUT2D eigenvalue weighted by Gasteiger charge is 2.17. The minimum absolute atomic E-state index is 0.0630. The largest absolute Gasteiger partial charge is 0.335 e. The first kappa shape index (κ1) is 16.8. The standard InChI is InChI=1S/C17H28N4O/c1-20(2)13-15-6-4-14(5-7-15)12-18-17(22)19-16-8-10-21(3)11-9-16/h4-7,16H,8-13H2,1-3H3,(H2,18,19,22). The van der Waals surface area contributed by atoms with Gasteiger partial charge in [-0.2, -0.15) is 0 Å². The zero-order valence-corrected chi connectivity index (χ0v) is 13.9. The van der Waals surface area contributed by atoms with E-state index < -0.39 is 0 Å². The summed E-state index contributed by atoms with van der Waals surface area (Å²) < 4.78 is 0. The molecule has 1 aromatic carbocycles. The van der Waals surface area contributed by atoms with E-state index in [1.807, 2.05) is 0 Å². The van der Waals surface area contributed by atoms with Crippen molar-refractivity contribution in [3.8, 4) is 0 Å². The third-order valence-electron chi connectivity index (χ3n) is 4.03. The molecule has 5 nitrogen and oxygen atoms in total. The third kappa shape index (κ3) is 5.66. The van der Waals surface area contributed by atoms with Gasteiger partial charge in [0.1, 0.15) is 0 Å². The van der Waals surface area contributed by atoms with E-state index in [0.717, 1.165) is 38.0 Å². The van der Waals surface area contributed by atoms with Crippen molar-refractivity contribution in [3.05, 3.63) is 35.4 Å². The van der Waals surface area contributed by atoms with E-state index in [-0.39, 0.29) is 6.03 Å². The number of benzene rings is 1. The van der Waals surface area contributed by atoms with Crippen LogP contribution in [0, 0.1) is 0 Å². The molecule has 1 aliphatic heterocycles. The Bertz CT molecular complexity index is 464. The van der Waals surface area contributed by atoms with Crippen molar-refractivity contribution in [3.63, 3.8) is 0 Å². The molecule has 0 atom stereocenters. The summed E-state index contributed by atoms with van der Waals surface area (Å²) in [7, 11) is 6.24. The number of urea groups is 1. The molecule has 0 radical (unpaired) electrons. The van der Waals surface area contributed by atoms with Gasteiger partial charge in [-0.05, 0) is 58.2 Å². The average Bonchev–Trinajstić information content (AvgIpc) is 2.48. The highest BCUT2D eigenvalue weighted by molar-refractivity contribution is 5.74. The second-order valence-electron chi connectivity index (χ2n) is 6.46. The van der Waals surface area contributed by atoms with Gasteiger partial charge in [0.25, 0.3) is 0 Å². The lowest BCUT2D eigenvalue weighted by atomic mass is 10.1. The Morgan fingerprint density at radius 3 is 2.36 bits per heavy atom. The molecule has 2 amide bonds. The second kappa shape index (κ2) is 8.15. The number of nitrogens with one attached hydrogen (secondary N) is 2. The van der Waals surface area contributed by atoms with Gasteiger partial charge >= 0.3 is 6.03 Å². The van der Waals surface area contributed by atoms with Crippen LogP contribution in [0.3, 0.4) is 0 Å². The molecule has 1 heterocycles. The first-order valence-electron chi connectivity index (χ1n) is 7.98. The minimum Gasteiger partial charge on any atom is -0.335 e. The number of piperidine rings is 1. The number of likely N-dealkylation sites (tertiary alicyclic amines) is 1. The SMILES string of the molecule is CN(C)Cc1ccc(CNC(=O)NC2CCN(C)CC2)cc1. The fraction of sp³-hybridized carbons (Fsp3) is 0.588. The summed E-state index contributed by atoms with van der Waals surface area (Å²) in [6.07, 6.45) is 2.06. The Hall–Kier alpha value is -1.59. The summed E-state index contributed by atoms with van der Waals surface area (Å²) in [5, 5.41) is 6.01. The molecule has 0 bridgehead atoms. The molecule has 1 aliphatic rings. The van der Waals surface area contributed by atoms with Crippen molar-refractivity contribution in [2.24, 2.45) is 0 Å². The molecule has 22 heavy (non-hydrogen) atoms. The van der Waals surface area contributed by atoms with E-state index in [4.69, 9.17) is 0 Å². The summed E-state index contributed by atoms with van der Waals surface area (Å²) in [5.41, 5.74) is 2.41. The van der Waals surface area contributed by atoms with Gasteiger partial charge in [0.15, 0.2) is 0 Å². The van der Waals surface area contributed by atoms with E-state index in [1.165, 1.54) is 5.56 Å². The molecule has 2 rings (SSSR count). The highest BCUT2D eigenvalue weighted by atomic mass is 16.2. The number of carbonyl (C=O) groups excluding carboxylic acids is 1. The predicted octanol–water partition coefficient (Wildman–Crippen LogP) is 1.64. The van der Waals surface area contributed by atoms with Crippen LogP contribution in [0.1, 0.15) is 24.0 Å². The maximum absolute atomic E-state index is 11.9. The number of rotatable bonds is 5. The normalized spacial score (nSPS) is 16.7. The van der Waals surface area contributed by atoms with Crippen LogP contribution in [0.15, 0.2) is 24.3 Å². The number of amides is 2. The highest BCUT2D eigenvalue weighted by Crippen LogP contribution is 2.08. The van der Waals surface area contributed by atoms with Gasteiger partial charge in [-0.3, -0.25) is 0 Å². The zero-order chi connectivity index (χ0) is 15.9. The Morgan fingerprint density at radius 1 is 1.18 bits per heavy atom. The smallest absolute Gasteiger partial charge is 0.315 e. The maximum Gasteiger partial charge on any atom is 0.315 e. The molecular formula is C17H28N4O. The van der Waals surface area contributed by atoms with Crippen LogP contribution in [0.25, 0.3) is 0 Å².